The molecule has 3 N–H and O–H groups in total. The zero-order chi connectivity index (χ0) is 16.2. The van der Waals surface area contributed by atoms with Crippen molar-refractivity contribution < 1.29 is 15.0 Å². The molecule has 6 nitrogen and oxygen atoms in total. The summed E-state index contributed by atoms with van der Waals surface area (Å²) in [6.07, 6.45) is 4.41. The Kier molecular flexibility index (Phi) is 4.59. The van der Waals surface area contributed by atoms with Crippen LogP contribution in [-0.4, -0.2) is 38.2 Å². The number of amides is 1. The summed E-state index contributed by atoms with van der Waals surface area (Å²) >= 11 is 1.52. The Labute approximate surface area is 137 Å². The number of carbonyl (C=O) groups excluding carboxylic acids is 1. The van der Waals surface area contributed by atoms with Gasteiger partial charge in [0, 0.05) is 17.8 Å². The largest absolute Gasteiger partial charge is 0.508 e. The second-order valence-corrected chi connectivity index (χ2v) is 6.19. The van der Waals surface area contributed by atoms with E-state index in [1.807, 2.05) is 22.2 Å². The number of imidazole rings is 1. The van der Waals surface area contributed by atoms with Crippen LogP contribution in [0.4, 0.5) is 0 Å². The SMILES string of the molecule is O=C(Cc1cn2ccsc2n1)N[C@H](CO)Cc1ccc(O)cc1. The average molecular weight is 331 g/mol. The standard InChI is InChI=1S/C16H17N3O3S/c20-10-13(7-11-1-3-14(21)4-2-11)17-15(22)8-12-9-19-5-6-23-16(19)18-12/h1-6,9,13,20-21H,7-8,10H2,(H,17,22)/t13-/m0/s1. The van der Waals surface area contributed by atoms with Crippen LogP contribution < -0.4 is 5.32 Å². The molecule has 2 aromatic heterocycles. The third kappa shape index (κ3) is 3.88. The highest BCUT2D eigenvalue weighted by Gasteiger charge is 2.14. The Balaban J connectivity index is 1.58. The summed E-state index contributed by atoms with van der Waals surface area (Å²) in [5.74, 6) is 0.0201. The molecule has 0 saturated heterocycles. The first kappa shape index (κ1) is 15.5. The number of aliphatic hydroxyl groups excluding tert-OH is 1. The number of carbonyl (C=O) groups is 1. The van der Waals surface area contributed by atoms with Crippen molar-refractivity contribution in [3.8, 4) is 5.75 Å². The van der Waals surface area contributed by atoms with Gasteiger partial charge in [0.1, 0.15) is 5.75 Å². The normalized spacial score (nSPS) is 12.4. The first-order chi connectivity index (χ1) is 11.1. The van der Waals surface area contributed by atoms with Gasteiger partial charge in [-0.05, 0) is 24.1 Å². The van der Waals surface area contributed by atoms with E-state index >= 15 is 0 Å². The van der Waals surface area contributed by atoms with Crippen LogP contribution in [0.15, 0.2) is 42.0 Å². The van der Waals surface area contributed by atoms with E-state index in [0.717, 1.165) is 10.5 Å². The fraction of sp³-hybridized carbons (Fsp3) is 0.250. The van der Waals surface area contributed by atoms with Crippen LogP contribution >= 0.6 is 11.3 Å². The van der Waals surface area contributed by atoms with Crippen molar-refractivity contribution in [3.63, 3.8) is 0 Å². The Morgan fingerprint density at radius 3 is 2.83 bits per heavy atom. The van der Waals surface area contributed by atoms with Crippen LogP contribution in [0.1, 0.15) is 11.3 Å². The molecule has 3 rings (SSSR count). The van der Waals surface area contributed by atoms with Crippen molar-refractivity contribution in [1.29, 1.82) is 0 Å². The van der Waals surface area contributed by atoms with Gasteiger partial charge in [-0.1, -0.05) is 12.1 Å². The molecule has 0 aliphatic heterocycles. The highest BCUT2D eigenvalue weighted by atomic mass is 32.1. The fourth-order valence-electron chi connectivity index (χ4n) is 2.38. The summed E-state index contributed by atoms with van der Waals surface area (Å²) in [6, 6.07) is 6.35. The van der Waals surface area contributed by atoms with Gasteiger partial charge >= 0.3 is 0 Å². The molecule has 23 heavy (non-hydrogen) atoms. The lowest BCUT2D eigenvalue weighted by Crippen LogP contribution is -2.39. The number of rotatable bonds is 6. The predicted octanol–water partition coefficient (Wildman–Crippen LogP) is 1.36. The minimum atomic E-state index is -0.365. The number of fused-ring (bicyclic) bond motifs is 1. The van der Waals surface area contributed by atoms with Crippen LogP contribution in [0, 0.1) is 0 Å². The maximum Gasteiger partial charge on any atom is 0.226 e. The van der Waals surface area contributed by atoms with E-state index in [1.165, 1.54) is 11.3 Å². The number of aromatic hydroxyl groups is 1. The zero-order valence-electron chi connectivity index (χ0n) is 12.3. The molecule has 7 heteroatoms. The number of thiazole rings is 1. The smallest absolute Gasteiger partial charge is 0.226 e. The Hall–Kier alpha value is -2.38. The summed E-state index contributed by atoms with van der Waals surface area (Å²) in [5, 5.41) is 23.5. The maximum absolute atomic E-state index is 12.1. The Bertz CT molecular complexity index is 766. The first-order valence-electron chi connectivity index (χ1n) is 7.23. The van der Waals surface area contributed by atoms with Gasteiger partial charge in [0.15, 0.2) is 4.96 Å². The molecule has 0 unspecified atom stereocenters. The second-order valence-electron chi connectivity index (χ2n) is 5.32. The molecule has 0 fully saturated rings. The first-order valence-corrected chi connectivity index (χ1v) is 8.11. The highest BCUT2D eigenvalue weighted by molar-refractivity contribution is 7.15. The van der Waals surface area contributed by atoms with Gasteiger partial charge in [0.2, 0.25) is 5.91 Å². The van der Waals surface area contributed by atoms with Crippen molar-refractivity contribution in [2.24, 2.45) is 0 Å². The van der Waals surface area contributed by atoms with Crippen LogP contribution in [0.5, 0.6) is 5.75 Å². The van der Waals surface area contributed by atoms with Crippen molar-refractivity contribution in [2.75, 3.05) is 6.61 Å². The molecule has 1 amide bonds. The lowest BCUT2D eigenvalue weighted by molar-refractivity contribution is -0.121. The molecule has 0 aliphatic carbocycles. The average Bonchev–Trinajstić information content (AvgIpc) is 3.10. The van der Waals surface area contributed by atoms with Crippen LogP contribution in [0.3, 0.4) is 0 Å². The zero-order valence-corrected chi connectivity index (χ0v) is 13.2. The molecule has 120 valence electrons. The summed E-state index contributed by atoms with van der Waals surface area (Å²) in [4.78, 5) is 17.3. The molecule has 0 aliphatic rings. The van der Waals surface area contributed by atoms with E-state index in [4.69, 9.17) is 0 Å². The molecule has 0 radical (unpaired) electrons. The van der Waals surface area contributed by atoms with E-state index in [9.17, 15) is 15.0 Å². The number of hydrogen-bond acceptors (Lipinski definition) is 5. The van der Waals surface area contributed by atoms with Gasteiger partial charge in [-0.25, -0.2) is 4.98 Å². The number of aliphatic hydroxyl groups is 1. The minimum Gasteiger partial charge on any atom is -0.508 e. The van der Waals surface area contributed by atoms with Crippen molar-refractivity contribution >= 4 is 22.2 Å². The molecular weight excluding hydrogens is 314 g/mol. The number of phenols is 1. The van der Waals surface area contributed by atoms with Gasteiger partial charge in [-0.3, -0.25) is 9.20 Å². The van der Waals surface area contributed by atoms with E-state index in [1.54, 1.807) is 24.3 Å². The van der Waals surface area contributed by atoms with Crippen molar-refractivity contribution in [2.45, 2.75) is 18.9 Å². The molecular formula is C16H17N3O3S. The maximum atomic E-state index is 12.1. The molecule has 0 bridgehead atoms. The quantitative estimate of drug-likeness (QED) is 0.636. The summed E-state index contributed by atoms with van der Waals surface area (Å²) < 4.78 is 1.88. The molecule has 1 aromatic carbocycles. The highest BCUT2D eigenvalue weighted by Crippen LogP contribution is 2.13. The monoisotopic (exact) mass is 331 g/mol. The fourth-order valence-corrected chi connectivity index (χ4v) is 3.10. The predicted molar refractivity (Wildman–Crippen MR) is 87.6 cm³/mol. The topological polar surface area (TPSA) is 86.9 Å². The number of aromatic nitrogens is 2. The Morgan fingerprint density at radius 2 is 2.13 bits per heavy atom. The van der Waals surface area contributed by atoms with Crippen molar-refractivity contribution in [3.05, 3.63) is 53.3 Å². The lowest BCUT2D eigenvalue weighted by atomic mass is 10.1. The van der Waals surface area contributed by atoms with Gasteiger partial charge in [-0.2, -0.15) is 0 Å². The number of nitrogens with one attached hydrogen (secondary N) is 1. The molecule has 0 saturated carbocycles. The second kappa shape index (κ2) is 6.80. The number of nitrogens with zero attached hydrogens (tertiary/aromatic N) is 2. The number of benzene rings is 1. The summed E-state index contributed by atoms with van der Waals surface area (Å²) in [6.45, 7) is -0.148. The summed E-state index contributed by atoms with van der Waals surface area (Å²) in [5.41, 5.74) is 1.64. The van der Waals surface area contributed by atoms with Crippen molar-refractivity contribution in [1.82, 2.24) is 14.7 Å². The number of phenolic OH excluding ortho intramolecular Hbond substituents is 1. The van der Waals surface area contributed by atoms with Crippen LogP contribution in [0.2, 0.25) is 0 Å². The Morgan fingerprint density at radius 1 is 1.35 bits per heavy atom. The van der Waals surface area contributed by atoms with Gasteiger partial charge in [-0.15, -0.1) is 11.3 Å². The third-order valence-electron chi connectivity index (χ3n) is 3.49. The van der Waals surface area contributed by atoms with Gasteiger partial charge < -0.3 is 15.5 Å². The lowest BCUT2D eigenvalue weighted by Gasteiger charge is -2.16. The van der Waals surface area contributed by atoms with E-state index in [0.29, 0.717) is 12.1 Å². The van der Waals surface area contributed by atoms with E-state index < -0.39 is 0 Å². The summed E-state index contributed by atoms with van der Waals surface area (Å²) in [7, 11) is 0. The van der Waals surface area contributed by atoms with Gasteiger partial charge in [0.05, 0.1) is 24.8 Å². The van der Waals surface area contributed by atoms with Crippen LogP contribution in [-0.2, 0) is 17.6 Å². The van der Waals surface area contributed by atoms with E-state index in [2.05, 4.69) is 10.3 Å². The third-order valence-corrected chi connectivity index (χ3v) is 4.26. The van der Waals surface area contributed by atoms with Gasteiger partial charge in [0.25, 0.3) is 0 Å². The van der Waals surface area contributed by atoms with Crippen LogP contribution in [0.25, 0.3) is 4.96 Å². The molecule has 3 aromatic rings. The molecule has 1 atom stereocenters. The van der Waals surface area contributed by atoms with E-state index in [-0.39, 0.29) is 30.7 Å². The molecule has 2 heterocycles. The molecule has 0 spiro atoms. The minimum absolute atomic E-state index is 0.148. The number of hydrogen-bond donors (Lipinski definition) is 3.